The Bertz CT molecular complexity index is 602. The van der Waals surface area contributed by atoms with Gasteiger partial charge in [0, 0.05) is 22.8 Å². The molecular weight excluding hydrogens is 278 g/mol. The average molecular weight is 297 g/mol. The van der Waals surface area contributed by atoms with Crippen LogP contribution in [0.1, 0.15) is 17.5 Å². The van der Waals surface area contributed by atoms with Gasteiger partial charge in [-0.05, 0) is 36.8 Å². The molecule has 0 saturated heterocycles. The van der Waals surface area contributed by atoms with Crippen molar-refractivity contribution in [3.8, 4) is 0 Å². The van der Waals surface area contributed by atoms with E-state index >= 15 is 0 Å². The summed E-state index contributed by atoms with van der Waals surface area (Å²) in [6.45, 7) is 5.78. The van der Waals surface area contributed by atoms with Crippen LogP contribution >= 0.6 is 11.8 Å². The predicted octanol–water partition coefficient (Wildman–Crippen LogP) is 4.76. The summed E-state index contributed by atoms with van der Waals surface area (Å²) in [4.78, 5) is 13.1. The van der Waals surface area contributed by atoms with Crippen LogP contribution in [0.15, 0.2) is 60.0 Å². The van der Waals surface area contributed by atoms with Crippen LogP contribution in [0.3, 0.4) is 0 Å². The lowest BCUT2D eigenvalue weighted by Gasteiger charge is -2.06. The molecule has 0 aliphatic rings. The van der Waals surface area contributed by atoms with Gasteiger partial charge in [0.15, 0.2) is 0 Å². The third kappa shape index (κ3) is 5.12. The van der Waals surface area contributed by atoms with E-state index in [4.69, 9.17) is 0 Å². The number of hydrogen-bond acceptors (Lipinski definition) is 2. The van der Waals surface area contributed by atoms with Gasteiger partial charge in [0.2, 0.25) is 5.91 Å². The summed E-state index contributed by atoms with van der Waals surface area (Å²) >= 11 is 1.70. The van der Waals surface area contributed by atoms with Crippen molar-refractivity contribution in [3.63, 3.8) is 0 Å². The van der Waals surface area contributed by atoms with Gasteiger partial charge in [-0.1, -0.05) is 42.5 Å². The van der Waals surface area contributed by atoms with Crippen molar-refractivity contribution in [2.24, 2.45) is 0 Å². The number of amides is 1. The van der Waals surface area contributed by atoms with Crippen molar-refractivity contribution >= 4 is 29.4 Å². The molecule has 0 heterocycles. The van der Waals surface area contributed by atoms with Crippen molar-refractivity contribution in [1.29, 1.82) is 0 Å². The number of carbonyl (C=O) groups is 1. The summed E-state index contributed by atoms with van der Waals surface area (Å²) < 4.78 is 0. The van der Waals surface area contributed by atoms with E-state index in [1.807, 2.05) is 24.3 Å². The average Bonchev–Trinajstić information content (AvgIpc) is 2.50. The fourth-order valence-electron chi connectivity index (χ4n) is 1.82. The second kappa shape index (κ2) is 7.70. The maximum atomic E-state index is 11.9. The van der Waals surface area contributed by atoms with Crippen LogP contribution in [0.2, 0.25) is 0 Å². The van der Waals surface area contributed by atoms with Gasteiger partial charge in [-0.25, -0.2) is 0 Å². The van der Waals surface area contributed by atoms with Crippen LogP contribution in [0.4, 0.5) is 5.69 Å². The largest absolute Gasteiger partial charge is 0.326 e. The molecule has 0 aliphatic carbocycles. The smallest absolute Gasteiger partial charge is 0.225 e. The molecular formula is C18H19NOS. The van der Waals surface area contributed by atoms with Crippen molar-refractivity contribution in [2.75, 3.05) is 11.1 Å². The highest BCUT2D eigenvalue weighted by molar-refractivity contribution is 7.99. The van der Waals surface area contributed by atoms with Gasteiger partial charge in [-0.15, -0.1) is 11.8 Å². The standard InChI is InChI=1S/C18H19NOS/c1-3-15-6-8-16(9-7-15)19-18(20)12-13-21-17-10-4-14(2)5-11-17/h3-11H,1,12-13H2,2H3,(H,19,20). The number of nitrogens with one attached hydrogen (secondary N) is 1. The molecule has 1 N–H and O–H groups in total. The van der Waals surface area contributed by atoms with Crippen molar-refractivity contribution in [3.05, 3.63) is 66.2 Å². The molecule has 0 radical (unpaired) electrons. The first-order valence-corrected chi connectivity index (χ1v) is 7.88. The number of hydrogen-bond donors (Lipinski definition) is 1. The Morgan fingerprint density at radius 1 is 1.14 bits per heavy atom. The van der Waals surface area contributed by atoms with E-state index in [1.54, 1.807) is 17.8 Å². The molecule has 21 heavy (non-hydrogen) atoms. The first-order valence-electron chi connectivity index (χ1n) is 6.89. The van der Waals surface area contributed by atoms with E-state index in [9.17, 15) is 4.79 Å². The molecule has 0 saturated carbocycles. The first-order chi connectivity index (χ1) is 10.2. The number of anilines is 1. The second-order valence-corrected chi connectivity index (χ2v) is 5.95. The summed E-state index contributed by atoms with van der Waals surface area (Å²) in [5, 5.41) is 2.90. The quantitative estimate of drug-likeness (QED) is 0.779. The number of rotatable bonds is 6. The van der Waals surface area contributed by atoms with Crippen LogP contribution in [0.5, 0.6) is 0 Å². The maximum absolute atomic E-state index is 11.9. The Labute approximate surface area is 130 Å². The lowest BCUT2D eigenvalue weighted by atomic mass is 10.2. The molecule has 3 heteroatoms. The van der Waals surface area contributed by atoms with Crippen LogP contribution in [-0.4, -0.2) is 11.7 Å². The fourth-order valence-corrected chi connectivity index (χ4v) is 2.67. The number of aryl methyl sites for hydroxylation is 1. The van der Waals surface area contributed by atoms with E-state index < -0.39 is 0 Å². The molecule has 0 aliphatic heterocycles. The molecule has 0 unspecified atom stereocenters. The molecule has 0 spiro atoms. The molecule has 2 aromatic carbocycles. The van der Waals surface area contributed by atoms with Gasteiger partial charge in [0.25, 0.3) is 0 Å². The van der Waals surface area contributed by atoms with Crippen LogP contribution in [0.25, 0.3) is 6.08 Å². The van der Waals surface area contributed by atoms with Gasteiger partial charge in [0.1, 0.15) is 0 Å². The molecule has 0 atom stereocenters. The van der Waals surface area contributed by atoms with Crippen molar-refractivity contribution < 1.29 is 4.79 Å². The Kier molecular flexibility index (Phi) is 5.64. The van der Waals surface area contributed by atoms with E-state index in [0.717, 1.165) is 17.0 Å². The molecule has 108 valence electrons. The molecule has 0 bridgehead atoms. The highest BCUT2D eigenvalue weighted by atomic mass is 32.2. The van der Waals surface area contributed by atoms with Crippen LogP contribution in [-0.2, 0) is 4.79 Å². The topological polar surface area (TPSA) is 29.1 Å². The van der Waals surface area contributed by atoms with Crippen LogP contribution < -0.4 is 5.32 Å². The monoisotopic (exact) mass is 297 g/mol. The van der Waals surface area contributed by atoms with Gasteiger partial charge in [0.05, 0.1) is 0 Å². The maximum Gasteiger partial charge on any atom is 0.225 e. The van der Waals surface area contributed by atoms with Crippen molar-refractivity contribution in [1.82, 2.24) is 0 Å². The summed E-state index contributed by atoms with van der Waals surface area (Å²) in [6, 6.07) is 16.0. The zero-order chi connectivity index (χ0) is 15.1. The first kappa shape index (κ1) is 15.4. The zero-order valence-corrected chi connectivity index (χ0v) is 13.0. The number of benzene rings is 2. The highest BCUT2D eigenvalue weighted by Gasteiger charge is 2.03. The molecule has 0 aromatic heterocycles. The normalized spacial score (nSPS) is 10.1. The lowest BCUT2D eigenvalue weighted by Crippen LogP contribution is -2.12. The van der Waals surface area contributed by atoms with Gasteiger partial charge in [-0.3, -0.25) is 4.79 Å². The SMILES string of the molecule is C=Cc1ccc(NC(=O)CCSc2ccc(C)cc2)cc1. The summed E-state index contributed by atoms with van der Waals surface area (Å²) in [7, 11) is 0. The lowest BCUT2D eigenvalue weighted by molar-refractivity contribution is -0.115. The Morgan fingerprint density at radius 3 is 2.43 bits per heavy atom. The van der Waals surface area contributed by atoms with E-state index in [2.05, 4.69) is 43.1 Å². The van der Waals surface area contributed by atoms with E-state index in [-0.39, 0.29) is 5.91 Å². The summed E-state index contributed by atoms with van der Waals surface area (Å²) in [5.41, 5.74) is 3.12. The fraction of sp³-hybridized carbons (Fsp3) is 0.167. The Morgan fingerprint density at radius 2 is 1.81 bits per heavy atom. The van der Waals surface area contributed by atoms with E-state index in [0.29, 0.717) is 6.42 Å². The second-order valence-electron chi connectivity index (χ2n) is 4.79. The zero-order valence-electron chi connectivity index (χ0n) is 12.1. The third-order valence-electron chi connectivity index (χ3n) is 3.05. The molecule has 0 fully saturated rings. The van der Waals surface area contributed by atoms with Crippen molar-refractivity contribution in [2.45, 2.75) is 18.2 Å². The highest BCUT2D eigenvalue weighted by Crippen LogP contribution is 2.19. The van der Waals surface area contributed by atoms with Gasteiger partial charge in [-0.2, -0.15) is 0 Å². The predicted molar refractivity (Wildman–Crippen MR) is 91.7 cm³/mol. The van der Waals surface area contributed by atoms with E-state index in [1.165, 1.54) is 10.5 Å². The molecule has 2 rings (SSSR count). The summed E-state index contributed by atoms with van der Waals surface area (Å²) in [5.74, 6) is 0.820. The molecule has 1 amide bonds. The van der Waals surface area contributed by atoms with Crippen LogP contribution in [0, 0.1) is 6.92 Å². The molecule has 2 nitrogen and oxygen atoms in total. The summed E-state index contributed by atoms with van der Waals surface area (Å²) in [6.07, 6.45) is 2.28. The Hall–Kier alpha value is -2.00. The van der Waals surface area contributed by atoms with Gasteiger partial charge >= 0.3 is 0 Å². The third-order valence-corrected chi connectivity index (χ3v) is 4.06. The minimum absolute atomic E-state index is 0.0426. The minimum Gasteiger partial charge on any atom is -0.326 e. The molecule has 2 aromatic rings. The van der Waals surface area contributed by atoms with Gasteiger partial charge < -0.3 is 5.32 Å². The number of carbonyl (C=O) groups excluding carboxylic acids is 1. The Balaban J connectivity index is 1.76. The number of thioether (sulfide) groups is 1. The minimum atomic E-state index is 0.0426.